The number of hydrogen-bond acceptors (Lipinski definition) is 2. The van der Waals surface area contributed by atoms with Gasteiger partial charge in [0, 0.05) is 6.21 Å². The summed E-state index contributed by atoms with van der Waals surface area (Å²) in [4.78, 5) is 4.14. The fourth-order valence-corrected chi connectivity index (χ4v) is 1.80. The Bertz CT molecular complexity index is 573. The Kier molecular flexibility index (Phi) is 3.84. The van der Waals surface area contributed by atoms with E-state index in [0.717, 1.165) is 5.56 Å². The quantitative estimate of drug-likeness (QED) is 0.804. The van der Waals surface area contributed by atoms with Crippen molar-refractivity contribution in [3.05, 3.63) is 57.8 Å². The SMILES string of the molecule is Oc1c(Cl)cc(N=Cc2ccc(F)cc2)cc1Cl. The van der Waals surface area contributed by atoms with Crippen LogP contribution in [0.4, 0.5) is 10.1 Å². The molecule has 0 aliphatic heterocycles. The predicted molar refractivity (Wildman–Crippen MR) is 71.8 cm³/mol. The van der Waals surface area contributed by atoms with Crippen molar-refractivity contribution in [3.8, 4) is 5.75 Å². The van der Waals surface area contributed by atoms with Crippen LogP contribution in [-0.2, 0) is 0 Å². The minimum Gasteiger partial charge on any atom is -0.505 e. The van der Waals surface area contributed by atoms with Crippen molar-refractivity contribution in [2.24, 2.45) is 4.99 Å². The first-order chi connectivity index (χ1) is 8.56. The van der Waals surface area contributed by atoms with Gasteiger partial charge < -0.3 is 5.11 Å². The Morgan fingerprint density at radius 1 is 1.06 bits per heavy atom. The normalized spacial score (nSPS) is 11.1. The molecule has 18 heavy (non-hydrogen) atoms. The van der Waals surface area contributed by atoms with Gasteiger partial charge in [0.25, 0.3) is 0 Å². The number of nitrogens with zero attached hydrogens (tertiary/aromatic N) is 1. The molecule has 0 amide bonds. The Labute approximate surface area is 113 Å². The maximum absolute atomic E-state index is 12.7. The largest absolute Gasteiger partial charge is 0.505 e. The summed E-state index contributed by atoms with van der Waals surface area (Å²) in [6.07, 6.45) is 1.55. The number of hydrogen-bond donors (Lipinski definition) is 1. The second-order valence-electron chi connectivity index (χ2n) is 3.57. The van der Waals surface area contributed by atoms with E-state index in [1.54, 1.807) is 18.3 Å². The van der Waals surface area contributed by atoms with Crippen molar-refractivity contribution in [1.29, 1.82) is 0 Å². The molecule has 2 aromatic carbocycles. The van der Waals surface area contributed by atoms with Gasteiger partial charge in [-0.15, -0.1) is 0 Å². The van der Waals surface area contributed by atoms with Crippen LogP contribution in [0.3, 0.4) is 0 Å². The lowest BCUT2D eigenvalue weighted by molar-refractivity contribution is 0.476. The van der Waals surface area contributed by atoms with Gasteiger partial charge in [-0.2, -0.15) is 0 Å². The van der Waals surface area contributed by atoms with Crippen LogP contribution in [0.5, 0.6) is 5.75 Å². The van der Waals surface area contributed by atoms with Gasteiger partial charge in [0.15, 0.2) is 5.75 Å². The number of halogens is 3. The molecule has 5 heteroatoms. The first-order valence-corrected chi connectivity index (χ1v) is 5.79. The number of aliphatic imine (C=N–C) groups is 1. The predicted octanol–water partition coefficient (Wildman–Crippen LogP) is 4.59. The van der Waals surface area contributed by atoms with Crippen LogP contribution in [-0.4, -0.2) is 11.3 Å². The number of aromatic hydroxyl groups is 1. The van der Waals surface area contributed by atoms with Crippen molar-refractivity contribution in [1.82, 2.24) is 0 Å². The summed E-state index contributed by atoms with van der Waals surface area (Å²) in [7, 11) is 0. The minimum atomic E-state index is -0.303. The zero-order chi connectivity index (χ0) is 13.1. The van der Waals surface area contributed by atoms with Gasteiger partial charge in [-0.1, -0.05) is 35.3 Å². The van der Waals surface area contributed by atoms with E-state index in [2.05, 4.69) is 4.99 Å². The van der Waals surface area contributed by atoms with Crippen LogP contribution in [0, 0.1) is 5.82 Å². The van der Waals surface area contributed by atoms with Crippen molar-refractivity contribution in [2.45, 2.75) is 0 Å². The highest BCUT2D eigenvalue weighted by molar-refractivity contribution is 6.37. The maximum atomic E-state index is 12.7. The van der Waals surface area contributed by atoms with Crippen molar-refractivity contribution in [2.75, 3.05) is 0 Å². The number of phenols is 1. The molecular formula is C13H8Cl2FNO. The van der Waals surface area contributed by atoms with E-state index < -0.39 is 0 Å². The second kappa shape index (κ2) is 5.38. The number of phenolic OH excluding ortho intramolecular Hbond substituents is 1. The summed E-state index contributed by atoms with van der Waals surface area (Å²) in [6.45, 7) is 0. The zero-order valence-electron chi connectivity index (χ0n) is 9.07. The molecule has 0 saturated carbocycles. The maximum Gasteiger partial charge on any atom is 0.152 e. The molecule has 0 unspecified atom stereocenters. The molecule has 0 aliphatic rings. The lowest BCUT2D eigenvalue weighted by atomic mass is 10.2. The number of rotatable bonds is 2. The Balaban J connectivity index is 2.26. The van der Waals surface area contributed by atoms with Gasteiger partial charge in [0.05, 0.1) is 15.7 Å². The molecule has 0 saturated heterocycles. The Hall–Kier alpha value is -1.58. The van der Waals surface area contributed by atoms with E-state index in [1.165, 1.54) is 24.3 Å². The summed E-state index contributed by atoms with van der Waals surface area (Å²) < 4.78 is 12.7. The lowest BCUT2D eigenvalue weighted by Gasteiger charge is -2.01. The fourth-order valence-electron chi connectivity index (χ4n) is 1.32. The van der Waals surface area contributed by atoms with Crippen LogP contribution in [0.1, 0.15) is 5.56 Å². The van der Waals surface area contributed by atoms with E-state index in [0.29, 0.717) is 5.69 Å². The van der Waals surface area contributed by atoms with Crippen LogP contribution in [0.2, 0.25) is 10.0 Å². The molecule has 2 rings (SSSR count). The molecule has 0 spiro atoms. The number of benzene rings is 2. The highest BCUT2D eigenvalue weighted by Crippen LogP contribution is 2.35. The van der Waals surface area contributed by atoms with E-state index in [4.69, 9.17) is 23.2 Å². The molecule has 0 heterocycles. The molecule has 0 aromatic heterocycles. The van der Waals surface area contributed by atoms with Gasteiger partial charge >= 0.3 is 0 Å². The third-order valence-corrected chi connectivity index (χ3v) is 2.81. The van der Waals surface area contributed by atoms with Crippen LogP contribution in [0.25, 0.3) is 0 Å². The molecule has 92 valence electrons. The molecular weight excluding hydrogens is 276 g/mol. The van der Waals surface area contributed by atoms with Crippen molar-refractivity contribution < 1.29 is 9.50 Å². The van der Waals surface area contributed by atoms with Gasteiger partial charge in [-0.05, 0) is 29.8 Å². The molecule has 0 fully saturated rings. The smallest absolute Gasteiger partial charge is 0.152 e. The first-order valence-electron chi connectivity index (χ1n) is 5.04. The van der Waals surface area contributed by atoms with Gasteiger partial charge in [0.1, 0.15) is 5.82 Å². The third-order valence-electron chi connectivity index (χ3n) is 2.23. The molecule has 2 aromatic rings. The molecule has 2 nitrogen and oxygen atoms in total. The molecule has 0 bridgehead atoms. The Morgan fingerprint density at radius 3 is 2.17 bits per heavy atom. The van der Waals surface area contributed by atoms with Crippen LogP contribution in [0.15, 0.2) is 41.4 Å². The van der Waals surface area contributed by atoms with E-state index in [1.807, 2.05) is 0 Å². The summed E-state index contributed by atoms with van der Waals surface area (Å²) in [6, 6.07) is 8.87. The molecule has 0 aliphatic carbocycles. The average molecular weight is 284 g/mol. The second-order valence-corrected chi connectivity index (χ2v) is 4.38. The van der Waals surface area contributed by atoms with Crippen molar-refractivity contribution in [3.63, 3.8) is 0 Å². The minimum absolute atomic E-state index is 0.133. The zero-order valence-corrected chi connectivity index (χ0v) is 10.6. The summed E-state index contributed by atoms with van der Waals surface area (Å²) in [5.74, 6) is -0.470. The standard InChI is InChI=1S/C13H8Cl2FNO/c14-11-5-10(6-12(15)13(11)18)17-7-8-1-3-9(16)4-2-8/h1-7,18H. The van der Waals surface area contributed by atoms with E-state index in [9.17, 15) is 9.50 Å². The first kappa shape index (κ1) is 12.9. The topological polar surface area (TPSA) is 32.6 Å². The van der Waals surface area contributed by atoms with Crippen molar-refractivity contribution >= 4 is 35.1 Å². The molecule has 0 atom stereocenters. The lowest BCUT2D eigenvalue weighted by Crippen LogP contribution is -1.81. The fraction of sp³-hybridized carbons (Fsp3) is 0. The highest BCUT2D eigenvalue weighted by Gasteiger charge is 2.05. The van der Waals surface area contributed by atoms with Crippen LogP contribution < -0.4 is 0 Å². The molecule has 0 radical (unpaired) electrons. The van der Waals surface area contributed by atoms with E-state index in [-0.39, 0.29) is 21.6 Å². The van der Waals surface area contributed by atoms with Crippen LogP contribution >= 0.6 is 23.2 Å². The van der Waals surface area contributed by atoms with Gasteiger partial charge in [-0.25, -0.2) is 4.39 Å². The monoisotopic (exact) mass is 283 g/mol. The summed E-state index contributed by atoms with van der Waals surface area (Å²) in [5.41, 5.74) is 1.25. The third kappa shape index (κ3) is 3.00. The average Bonchev–Trinajstić information content (AvgIpc) is 2.35. The highest BCUT2D eigenvalue weighted by atomic mass is 35.5. The molecule has 1 N–H and O–H groups in total. The van der Waals surface area contributed by atoms with Gasteiger partial charge in [0.2, 0.25) is 0 Å². The van der Waals surface area contributed by atoms with E-state index >= 15 is 0 Å². The summed E-state index contributed by atoms with van der Waals surface area (Å²) in [5, 5.41) is 9.66. The van der Waals surface area contributed by atoms with Gasteiger partial charge in [-0.3, -0.25) is 4.99 Å². The Morgan fingerprint density at radius 2 is 1.61 bits per heavy atom. The summed E-state index contributed by atoms with van der Waals surface area (Å²) >= 11 is 11.5.